The van der Waals surface area contributed by atoms with Gasteiger partial charge in [0, 0.05) is 5.56 Å². The lowest BCUT2D eigenvalue weighted by Crippen LogP contribution is -1.92. The van der Waals surface area contributed by atoms with Crippen molar-refractivity contribution in [1.29, 1.82) is 0 Å². The smallest absolute Gasteiger partial charge is 0.185 e. The Bertz CT molecular complexity index is 545. The van der Waals surface area contributed by atoms with Gasteiger partial charge in [-0.2, -0.15) is 0 Å². The van der Waals surface area contributed by atoms with Crippen molar-refractivity contribution in [2.45, 2.75) is 0 Å². The second-order valence-corrected chi connectivity index (χ2v) is 3.84. The van der Waals surface area contributed by atoms with Gasteiger partial charge in [0.25, 0.3) is 0 Å². The molecule has 98 valence electrons. The standard InChI is InChI=1S/C16H14O2.ClH/c1-18-15-10-7-13(8-11-15)9-12-16(17)14-5-3-2-4-6-14;/h2-12H,1H3;1H. The Balaban J connectivity index is 0.00000180. The van der Waals surface area contributed by atoms with Crippen LogP contribution < -0.4 is 4.74 Å². The number of hydrogen-bond donors (Lipinski definition) is 0. The number of benzene rings is 2. The Labute approximate surface area is 119 Å². The first-order chi connectivity index (χ1) is 8.79. The minimum absolute atomic E-state index is 0. The Morgan fingerprint density at radius 1 is 1.00 bits per heavy atom. The van der Waals surface area contributed by atoms with E-state index in [1.807, 2.05) is 42.5 Å². The number of rotatable bonds is 4. The van der Waals surface area contributed by atoms with Gasteiger partial charge >= 0.3 is 0 Å². The molecule has 2 aromatic rings. The molecule has 2 rings (SSSR count). The van der Waals surface area contributed by atoms with E-state index in [0.29, 0.717) is 5.56 Å². The highest BCUT2D eigenvalue weighted by atomic mass is 35.5. The summed E-state index contributed by atoms with van der Waals surface area (Å²) in [7, 11) is 1.63. The van der Waals surface area contributed by atoms with E-state index in [2.05, 4.69) is 0 Å². The average Bonchev–Trinajstić information content (AvgIpc) is 2.46. The fourth-order valence-electron chi connectivity index (χ4n) is 1.59. The summed E-state index contributed by atoms with van der Waals surface area (Å²) >= 11 is 0. The third-order valence-corrected chi connectivity index (χ3v) is 2.60. The molecule has 0 spiro atoms. The van der Waals surface area contributed by atoms with Crippen molar-refractivity contribution >= 4 is 24.3 Å². The van der Waals surface area contributed by atoms with E-state index in [0.717, 1.165) is 11.3 Å². The first kappa shape index (κ1) is 15.0. The van der Waals surface area contributed by atoms with Crippen LogP contribution in [0.15, 0.2) is 60.7 Å². The molecule has 0 saturated heterocycles. The van der Waals surface area contributed by atoms with Crippen molar-refractivity contribution in [3.8, 4) is 5.75 Å². The summed E-state index contributed by atoms with van der Waals surface area (Å²) < 4.78 is 5.07. The summed E-state index contributed by atoms with van der Waals surface area (Å²) in [5.74, 6) is 0.813. The van der Waals surface area contributed by atoms with Crippen molar-refractivity contribution in [2.75, 3.05) is 7.11 Å². The van der Waals surface area contributed by atoms with Crippen molar-refractivity contribution in [3.05, 3.63) is 71.8 Å². The Kier molecular flexibility index (Phi) is 5.83. The average molecular weight is 275 g/mol. The fourth-order valence-corrected chi connectivity index (χ4v) is 1.59. The van der Waals surface area contributed by atoms with Crippen LogP contribution in [-0.2, 0) is 0 Å². The van der Waals surface area contributed by atoms with Gasteiger partial charge in [0.05, 0.1) is 7.11 Å². The first-order valence-corrected chi connectivity index (χ1v) is 5.71. The topological polar surface area (TPSA) is 26.3 Å². The number of carbonyl (C=O) groups excluding carboxylic acids is 1. The number of ketones is 1. The van der Waals surface area contributed by atoms with Crippen LogP contribution in [0.1, 0.15) is 15.9 Å². The minimum Gasteiger partial charge on any atom is -0.497 e. The van der Waals surface area contributed by atoms with E-state index in [9.17, 15) is 4.79 Å². The molecule has 0 aliphatic carbocycles. The second kappa shape index (κ2) is 7.39. The van der Waals surface area contributed by atoms with E-state index >= 15 is 0 Å². The number of halogens is 1. The summed E-state index contributed by atoms with van der Waals surface area (Å²) in [6.07, 6.45) is 3.38. The van der Waals surface area contributed by atoms with Crippen LogP contribution in [0, 0.1) is 0 Å². The van der Waals surface area contributed by atoms with Crippen LogP contribution in [0.2, 0.25) is 0 Å². The Morgan fingerprint density at radius 2 is 1.63 bits per heavy atom. The van der Waals surface area contributed by atoms with E-state index in [1.165, 1.54) is 0 Å². The zero-order valence-corrected chi connectivity index (χ0v) is 11.4. The highest BCUT2D eigenvalue weighted by molar-refractivity contribution is 6.06. The largest absolute Gasteiger partial charge is 0.497 e. The summed E-state index contributed by atoms with van der Waals surface area (Å²) in [6, 6.07) is 16.8. The SMILES string of the molecule is COc1ccc(C=CC(=O)c2ccccc2)cc1.Cl. The molecule has 0 unspecified atom stereocenters. The highest BCUT2D eigenvalue weighted by Gasteiger charge is 1.99. The molecule has 0 atom stereocenters. The zero-order chi connectivity index (χ0) is 12.8. The van der Waals surface area contributed by atoms with Gasteiger partial charge in [-0.3, -0.25) is 4.79 Å². The molecule has 0 heterocycles. The summed E-state index contributed by atoms with van der Waals surface area (Å²) in [4.78, 5) is 11.8. The van der Waals surface area contributed by atoms with Crippen molar-refractivity contribution in [1.82, 2.24) is 0 Å². The van der Waals surface area contributed by atoms with Crippen LogP contribution >= 0.6 is 12.4 Å². The molecule has 0 fully saturated rings. The molecule has 19 heavy (non-hydrogen) atoms. The predicted molar refractivity (Wildman–Crippen MR) is 80.0 cm³/mol. The highest BCUT2D eigenvalue weighted by Crippen LogP contribution is 2.12. The van der Waals surface area contributed by atoms with Gasteiger partial charge in [0.2, 0.25) is 0 Å². The number of carbonyl (C=O) groups is 1. The summed E-state index contributed by atoms with van der Waals surface area (Å²) in [6.45, 7) is 0. The van der Waals surface area contributed by atoms with Crippen LogP contribution in [0.4, 0.5) is 0 Å². The van der Waals surface area contributed by atoms with Gasteiger partial charge in [-0.05, 0) is 23.8 Å². The van der Waals surface area contributed by atoms with Gasteiger partial charge in [-0.15, -0.1) is 12.4 Å². The van der Waals surface area contributed by atoms with Gasteiger partial charge in [0.1, 0.15) is 5.75 Å². The molecule has 0 amide bonds. The molecular formula is C16H15ClO2. The number of methoxy groups -OCH3 is 1. The van der Waals surface area contributed by atoms with Crippen LogP contribution in [-0.4, -0.2) is 12.9 Å². The van der Waals surface area contributed by atoms with Crippen molar-refractivity contribution in [2.24, 2.45) is 0 Å². The number of ether oxygens (including phenoxy) is 1. The normalized spacial score (nSPS) is 9.95. The summed E-state index contributed by atoms with van der Waals surface area (Å²) in [5, 5.41) is 0. The van der Waals surface area contributed by atoms with Crippen LogP contribution in [0.3, 0.4) is 0 Å². The van der Waals surface area contributed by atoms with Crippen molar-refractivity contribution in [3.63, 3.8) is 0 Å². The first-order valence-electron chi connectivity index (χ1n) is 5.71. The third kappa shape index (κ3) is 4.27. The Morgan fingerprint density at radius 3 is 2.21 bits per heavy atom. The lowest BCUT2D eigenvalue weighted by molar-refractivity contribution is 0.104. The Hall–Kier alpha value is -2.06. The molecule has 2 aromatic carbocycles. The van der Waals surface area contributed by atoms with Gasteiger partial charge in [0.15, 0.2) is 5.78 Å². The monoisotopic (exact) mass is 274 g/mol. The maximum atomic E-state index is 11.8. The predicted octanol–water partition coefficient (Wildman–Crippen LogP) is 4.01. The van der Waals surface area contributed by atoms with E-state index < -0.39 is 0 Å². The van der Waals surface area contributed by atoms with Gasteiger partial charge in [-0.1, -0.05) is 48.5 Å². The maximum absolute atomic E-state index is 11.8. The second-order valence-electron chi connectivity index (χ2n) is 3.84. The molecule has 0 saturated carbocycles. The maximum Gasteiger partial charge on any atom is 0.185 e. The molecule has 2 nitrogen and oxygen atoms in total. The third-order valence-electron chi connectivity index (χ3n) is 2.60. The number of hydrogen-bond acceptors (Lipinski definition) is 2. The minimum atomic E-state index is 0. The van der Waals surface area contributed by atoms with Crippen LogP contribution in [0.25, 0.3) is 6.08 Å². The van der Waals surface area contributed by atoms with E-state index in [-0.39, 0.29) is 18.2 Å². The quantitative estimate of drug-likeness (QED) is 0.622. The van der Waals surface area contributed by atoms with Gasteiger partial charge < -0.3 is 4.74 Å². The summed E-state index contributed by atoms with van der Waals surface area (Å²) in [5.41, 5.74) is 1.67. The molecule has 0 bridgehead atoms. The van der Waals surface area contributed by atoms with Crippen molar-refractivity contribution < 1.29 is 9.53 Å². The fraction of sp³-hybridized carbons (Fsp3) is 0.0625. The molecule has 0 aromatic heterocycles. The molecule has 0 aliphatic rings. The molecular weight excluding hydrogens is 260 g/mol. The lowest BCUT2D eigenvalue weighted by atomic mass is 10.1. The molecule has 0 radical (unpaired) electrons. The molecule has 0 aliphatic heterocycles. The van der Waals surface area contributed by atoms with Gasteiger partial charge in [-0.25, -0.2) is 0 Å². The van der Waals surface area contributed by atoms with Crippen LogP contribution in [0.5, 0.6) is 5.75 Å². The van der Waals surface area contributed by atoms with E-state index in [1.54, 1.807) is 31.4 Å². The number of allylic oxidation sites excluding steroid dienone is 1. The van der Waals surface area contributed by atoms with E-state index in [4.69, 9.17) is 4.74 Å². The molecule has 3 heteroatoms. The zero-order valence-electron chi connectivity index (χ0n) is 10.6. The molecule has 0 N–H and O–H groups in total. The lowest BCUT2D eigenvalue weighted by Gasteiger charge is -1.99.